The maximum Gasteiger partial charge on any atom is 0.0178 e. The summed E-state index contributed by atoms with van der Waals surface area (Å²) in [5.41, 5.74) is 8.64. The molecule has 0 saturated heterocycles. The van der Waals surface area contributed by atoms with Gasteiger partial charge in [0.15, 0.2) is 0 Å². The fourth-order valence-electron chi connectivity index (χ4n) is 2.14. The van der Waals surface area contributed by atoms with Gasteiger partial charge in [0.25, 0.3) is 0 Å². The van der Waals surface area contributed by atoms with Crippen LogP contribution in [0.3, 0.4) is 0 Å². The van der Waals surface area contributed by atoms with Crippen LogP contribution in [0.1, 0.15) is 57.6 Å². The van der Waals surface area contributed by atoms with Crippen LogP contribution in [0.25, 0.3) is 0 Å². The number of benzene rings is 1. The van der Waals surface area contributed by atoms with Crippen LogP contribution in [0, 0.1) is 0 Å². The van der Waals surface area contributed by atoms with Crippen molar-refractivity contribution >= 4 is 0 Å². The summed E-state index contributed by atoms with van der Waals surface area (Å²) in [5.74, 6) is 0. The van der Waals surface area contributed by atoms with Gasteiger partial charge in [0.1, 0.15) is 0 Å². The Hall–Kier alpha value is -0.820. The maximum absolute atomic E-state index is 5.62. The van der Waals surface area contributed by atoms with E-state index in [0.717, 1.165) is 0 Å². The quantitative estimate of drug-likeness (QED) is 0.769. The maximum atomic E-state index is 5.62. The van der Waals surface area contributed by atoms with Crippen LogP contribution in [0.15, 0.2) is 24.3 Å². The SMILES string of the molecule is CCCCC(C)(CC)c1ccc(CN)cc1. The lowest BCUT2D eigenvalue weighted by Gasteiger charge is -2.29. The van der Waals surface area contributed by atoms with Crippen molar-refractivity contribution in [1.82, 2.24) is 0 Å². The van der Waals surface area contributed by atoms with E-state index in [2.05, 4.69) is 45.0 Å². The number of unbranched alkanes of at least 4 members (excludes halogenated alkanes) is 1. The lowest BCUT2D eigenvalue weighted by Crippen LogP contribution is -2.20. The molecule has 90 valence electrons. The second-order valence-corrected chi connectivity index (χ2v) is 4.92. The van der Waals surface area contributed by atoms with Crippen LogP contribution in [0.4, 0.5) is 0 Å². The van der Waals surface area contributed by atoms with Gasteiger partial charge in [-0.05, 0) is 29.4 Å². The highest BCUT2D eigenvalue weighted by Gasteiger charge is 2.23. The Morgan fingerprint density at radius 3 is 2.19 bits per heavy atom. The highest BCUT2D eigenvalue weighted by molar-refractivity contribution is 5.28. The summed E-state index contributed by atoms with van der Waals surface area (Å²) < 4.78 is 0. The van der Waals surface area contributed by atoms with E-state index in [1.54, 1.807) is 0 Å². The van der Waals surface area contributed by atoms with Crippen molar-refractivity contribution in [2.75, 3.05) is 0 Å². The van der Waals surface area contributed by atoms with Crippen LogP contribution in [0.2, 0.25) is 0 Å². The number of hydrogen-bond donors (Lipinski definition) is 1. The van der Waals surface area contributed by atoms with Crippen molar-refractivity contribution in [3.63, 3.8) is 0 Å². The molecule has 0 fully saturated rings. The Bertz CT molecular complexity index is 302. The molecule has 1 rings (SSSR count). The monoisotopic (exact) mass is 219 g/mol. The van der Waals surface area contributed by atoms with Crippen molar-refractivity contribution in [2.45, 2.75) is 58.4 Å². The molecule has 16 heavy (non-hydrogen) atoms. The van der Waals surface area contributed by atoms with Crippen molar-refractivity contribution in [1.29, 1.82) is 0 Å². The summed E-state index contributed by atoms with van der Waals surface area (Å²) in [6, 6.07) is 8.83. The average Bonchev–Trinajstić information content (AvgIpc) is 2.36. The summed E-state index contributed by atoms with van der Waals surface area (Å²) in [5, 5.41) is 0. The first-order valence-electron chi connectivity index (χ1n) is 6.45. The summed E-state index contributed by atoms with van der Waals surface area (Å²) >= 11 is 0. The molecule has 1 nitrogen and oxygen atoms in total. The molecule has 0 aliphatic heterocycles. The predicted octanol–water partition coefficient (Wildman–Crippen LogP) is 4.00. The van der Waals surface area contributed by atoms with E-state index in [0.29, 0.717) is 12.0 Å². The third kappa shape index (κ3) is 3.08. The van der Waals surface area contributed by atoms with Gasteiger partial charge in [-0.1, -0.05) is 57.9 Å². The molecule has 0 radical (unpaired) electrons. The Kier molecular flexibility index (Phi) is 5.01. The van der Waals surface area contributed by atoms with E-state index in [4.69, 9.17) is 5.73 Å². The molecule has 0 aliphatic rings. The van der Waals surface area contributed by atoms with Gasteiger partial charge in [-0.25, -0.2) is 0 Å². The highest BCUT2D eigenvalue weighted by Crippen LogP contribution is 2.32. The number of nitrogens with two attached hydrogens (primary N) is 1. The van der Waals surface area contributed by atoms with E-state index in [9.17, 15) is 0 Å². The molecule has 1 aromatic carbocycles. The van der Waals surface area contributed by atoms with E-state index < -0.39 is 0 Å². The van der Waals surface area contributed by atoms with Crippen LogP contribution >= 0.6 is 0 Å². The lowest BCUT2D eigenvalue weighted by atomic mass is 9.76. The Morgan fingerprint density at radius 1 is 1.12 bits per heavy atom. The molecule has 2 N–H and O–H groups in total. The predicted molar refractivity (Wildman–Crippen MR) is 71.5 cm³/mol. The van der Waals surface area contributed by atoms with E-state index >= 15 is 0 Å². The molecule has 0 aliphatic carbocycles. The Balaban J connectivity index is 2.84. The third-order valence-electron chi connectivity index (χ3n) is 3.75. The van der Waals surface area contributed by atoms with Gasteiger partial charge >= 0.3 is 0 Å². The van der Waals surface area contributed by atoms with E-state index in [-0.39, 0.29) is 0 Å². The molecule has 1 unspecified atom stereocenters. The molecular weight excluding hydrogens is 194 g/mol. The Morgan fingerprint density at radius 2 is 1.75 bits per heavy atom. The number of rotatable bonds is 6. The standard InChI is InChI=1S/C15H25N/c1-4-6-11-15(3,5-2)14-9-7-13(12-16)8-10-14/h7-10H,4-6,11-12,16H2,1-3H3. The first kappa shape index (κ1) is 13.2. The number of hydrogen-bond acceptors (Lipinski definition) is 1. The first-order valence-corrected chi connectivity index (χ1v) is 6.45. The highest BCUT2D eigenvalue weighted by atomic mass is 14.5. The van der Waals surface area contributed by atoms with Gasteiger partial charge in [0.2, 0.25) is 0 Å². The third-order valence-corrected chi connectivity index (χ3v) is 3.75. The molecule has 0 saturated carbocycles. The molecule has 0 aromatic heterocycles. The fraction of sp³-hybridized carbons (Fsp3) is 0.600. The lowest BCUT2D eigenvalue weighted by molar-refractivity contribution is 0.403. The smallest absolute Gasteiger partial charge is 0.0178 e. The van der Waals surface area contributed by atoms with Gasteiger partial charge in [-0.2, -0.15) is 0 Å². The molecule has 0 amide bonds. The van der Waals surface area contributed by atoms with Crippen molar-refractivity contribution in [3.05, 3.63) is 35.4 Å². The first-order chi connectivity index (χ1) is 7.66. The Labute approximate surface area is 100 Å². The van der Waals surface area contributed by atoms with Crippen LogP contribution in [-0.4, -0.2) is 0 Å². The minimum Gasteiger partial charge on any atom is -0.326 e. The molecule has 1 aromatic rings. The van der Waals surface area contributed by atoms with Crippen molar-refractivity contribution in [2.24, 2.45) is 5.73 Å². The zero-order valence-electron chi connectivity index (χ0n) is 10.9. The fourth-order valence-corrected chi connectivity index (χ4v) is 2.14. The van der Waals surface area contributed by atoms with Crippen LogP contribution in [0.5, 0.6) is 0 Å². The zero-order chi connectivity index (χ0) is 12.0. The zero-order valence-corrected chi connectivity index (χ0v) is 10.9. The summed E-state index contributed by atoms with van der Waals surface area (Å²) in [6.45, 7) is 7.55. The molecule has 0 heterocycles. The average molecular weight is 219 g/mol. The minimum atomic E-state index is 0.336. The van der Waals surface area contributed by atoms with E-state index in [1.807, 2.05) is 0 Å². The van der Waals surface area contributed by atoms with Gasteiger partial charge in [0, 0.05) is 6.54 Å². The van der Waals surface area contributed by atoms with E-state index in [1.165, 1.54) is 36.8 Å². The van der Waals surface area contributed by atoms with Crippen LogP contribution < -0.4 is 5.73 Å². The molecule has 1 atom stereocenters. The van der Waals surface area contributed by atoms with Gasteiger partial charge in [0.05, 0.1) is 0 Å². The second-order valence-electron chi connectivity index (χ2n) is 4.92. The van der Waals surface area contributed by atoms with Crippen LogP contribution in [-0.2, 0) is 12.0 Å². The summed E-state index contributed by atoms with van der Waals surface area (Å²) in [6.07, 6.45) is 5.07. The topological polar surface area (TPSA) is 26.0 Å². The molecule has 0 spiro atoms. The molecular formula is C15H25N. The van der Waals surface area contributed by atoms with Gasteiger partial charge in [-0.15, -0.1) is 0 Å². The van der Waals surface area contributed by atoms with Gasteiger partial charge in [-0.3, -0.25) is 0 Å². The summed E-state index contributed by atoms with van der Waals surface area (Å²) in [4.78, 5) is 0. The normalized spacial score (nSPS) is 14.8. The van der Waals surface area contributed by atoms with Crippen molar-refractivity contribution in [3.8, 4) is 0 Å². The largest absolute Gasteiger partial charge is 0.326 e. The van der Waals surface area contributed by atoms with Gasteiger partial charge < -0.3 is 5.73 Å². The molecule has 1 heteroatoms. The summed E-state index contributed by atoms with van der Waals surface area (Å²) in [7, 11) is 0. The molecule has 0 bridgehead atoms. The second kappa shape index (κ2) is 6.05. The van der Waals surface area contributed by atoms with Crippen molar-refractivity contribution < 1.29 is 0 Å². The minimum absolute atomic E-state index is 0.336.